The Bertz CT molecular complexity index is 850. The van der Waals surface area contributed by atoms with Crippen molar-refractivity contribution in [1.29, 1.82) is 0 Å². The van der Waals surface area contributed by atoms with Crippen molar-refractivity contribution in [2.24, 2.45) is 5.92 Å². The lowest BCUT2D eigenvalue weighted by Gasteiger charge is -2.25. The highest BCUT2D eigenvalue weighted by Gasteiger charge is 2.31. The highest BCUT2D eigenvalue weighted by Crippen LogP contribution is 2.33. The van der Waals surface area contributed by atoms with E-state index in [2.05, 4.69) is 20.5 Å². The van der Waals surface area contributed by atoms with Crippen LogP contribution in [0.4, 0.5) is 5.13 Å². The van der Waals surface area contributed by atoms with Crippen LogP contribution in [0.1, 0.15) is 33.9 Å². The third-order valence-electron chi connectivity index (χ3n) is 4.09. The summed E-state index contributed by atoms with van der Waals surface area (Å²) in [6.45, 7) is 0.971. The number of rotatable bonds is 3. The molecule has 2 aliphatic rings. The Morgan fingerprint density at radius 1 is 1.33 bits per heavy atom. The number of carbonyl (C=O) groups is 2. The molecule has 1 aliphatic carbocycles. The first-order chi connectivity index (χ1) is 11.6. The third-order valence-corrected chi connectivity index (χ3v) is 5.09. The third kappa shape index (κ3) is 2.94. The quantitative estimate of drug-likeness (QED) is 0.854. The van der Waals surface area contributed by atoms with Crippen molar-refractivity contribution < 1.29 is 9.59 Å². The summed E-state index contributed by atoms with van der Waals surface area (Å²) in [6.07, 6.45) is 2.54. The number of anilines is 1. The minimum Gasteiger partial charge on any atom is -0.332 e. The number of thiazole rings is 1. The number of fused-ring (bicyclic) bond motifs is 1. The number of nitrogens with one attached hydrogen (secondary N) is 2. The summed E-state index contributed by atoms with van der Waals surface area (Å²) in [6, 6.07) is 2.71. The molecule has 0 aromatic carbocycles. The number of H-pyrrole nitrogens is 1. The van der Waals surface area contributed by atoms with Crippen LogP contribution in [0.2, 0.25) is 0 Å². The Balaban J connectivity index is 1.47. The Labute approximate surface area is 140 Å². The van der Waals surface area contributed by atoms with Crippen molar-refractivity contribution in [3.8, 4) is 0 Å². The minimum atomic E-state index is -0.342. The van der Waals surface area contributed by atoms with Gasteiger partial charge in [-0.3, -0.25) is 14.4 Å². The van der Waals surface area contributed by atoms with Gasteiger partial charge in [-0.05, 0) is 18.9 Å². The average Bonchev–Trinajstić information content (AvgIpc) is 3.35. The second kappa shape index (κ2) is 5.82. The average molecular weight is 345 g/mol. The van der Waals surface area contributed by atoms with E-state index in [0.717, 1.165) is 23.4 Å². The lowest BCUT2D eigenvalue weighted by Crippen LogP contribution is -2.36. The van der Waals surface area contributed by atoms with Gasteiger partial charge in [0, 0.05) is 29.8 Å². The number of carbonyl (C=O) groups excluding carboxylic acids is 2. The molecule has 1 fully saturated rings. The van der Waals surface area contributed by atoms with Crippen LogP contribution in [0.25, 0.3) is 0 Å². The van der Waals surface area contributed by atoms with Gasteiger partial charge >= 0.3 is 0 Å². The lowest BCUT2D eigenvalue weighted by molar-refractivity contribution is -0.117. The number of hydrogen-bond acceptors (Lipinski definition) is 6. The Hall–Kier alpha value is -2.55. The molecule has 0 atom stereocenters. The van der Waals surface area contributed by atoms with Gasteiger partial charge in [0.25, 0.3) is 11.5 Å². The predicted molar refractivity (Wildman–Crippen MR) is 86.8 cm³/mol. The van der Waals surface area contributed by atoms with Crippen LogP contribution in [-0.4, -0.2) is 38.4 Å². The highest BCUT2D eigenvalue weighted by atomic mass is 32.1. The van der Waals surface area contributed by atoms with Gasteiger partial charge in [-0.15, -0.1) is 0 Å². The molecule has 0 bridgehead atoms. The van der Waals surface area contributed by atoms with E-state index in [-0.39, 0.29) is 29.0 Å². The maximum atomic E-state index is 12.5. The summed E-state index contributed by atoms with van der Waals surface area (Å²) < 4.78 is 0. The summed E-state index contributed by atoms with van der Waals surface area (Å²) in [5.41, 5.74) is 0.806. The molecule has 1 saturated carbocycles. The molecular formula is C15H15N5O3S. The number of aromatic nitrogens is 3. The molecule has 0 unspecified atom stereocenters. The number of nitrogens with zero attached hydrogens (tertiary/aromatic N) is 3. The van der Waals surface area contributed by atoms with Gasteiger partial charge in [0.2, 0.25) is 5.91 Å². The fourth-order valence-electron chi connectivity index (χ4n) is 2.60. The highest BCUT2D eigenvalue weighted by molar-refractivity contribution is 7.15. The van der Waals surface area contributed by atoms with Crippen LogP contribution in [-0.2, 0) is 17.8 Å². The smallest absolute Gasteiger partial charge is 0.274 e. The minimum absolute atomic E-state index is 0.0338. The Morgan fingerprint density at radius 2 is 2.17 bits per heavy atom. The summed E-state index contributed by atoms with van der Waals surface area (Å²) in [7, 11) is 0. The molecule has 2 aromatic rings. The van der Waals surface area contributed by atoms with E-state index < -0.39 is 0 Å². The molecule has 2 aromatic heterocycles. The van der Waals surface area contributed by atoms with Crippen molar-refractivity contribution in [3.63, 3.8) is 0 Å². The molecule has 2 N–H and O–H groups in total. The standard InChI is InChI=1S/C15H15N5O3S/c21-12-4-3-10(18-19-12)14(23)20-6-5-9-11(7-20)24-15(16-9)17-13(22)8-1-2-8/h3-4,8H,1-2,5-7H2,(H,19,21)(H,16,17,22). The zero-order chi connectivity index (χ0) is 16.7. The van der Waals surface area contributed by atoms with E-state index in [9.17, 15) is 14.4 Å². The number of aromatic amines is 1. The van der Waals surface area contributed by atoms with Crippen LogP contribution in [0, 0.1) is 5.92 Å². The largest absolute Gasteiger partial charge is 0.332 e. The molecule has 4 rings (SSSR count). The van der Waals surface area contributed by atoms with Crippen molar-refractivity contribution in [2.45, 2.75) is 25.8 Å². The van der Waals surface area contributed by atoms with Crippen LogP contribution in [0.5, 0.6) is 0 Å². The van der Waals surface area contributed by atoms with Crippen LogP contribution in [0.3, 0.4) is 0 Å². The van der Waals surface area contributed by atoms with Crippen LogP contribution in [0.15, 0.2) is 16.9 Å². The molecule has 8 nitrogen and oxygen atoms in total. The van der Waals surface area contributed by atoms with Gasteiger partial charge in [0.15, 0.2) is 5.13 Å². The fraction of sp³-hybridized carbons (Fsp3) is 0.400. The second-order valence-corrected chi connectivity index (χ2v) is 7.02. The lowest BCUT2D eigenvalue weighted by atomic mass is 10.1. The van der Waals surface area contributed by atoms with E-state index in [1.807, 2.05) is 0 Å². The maximum absolute atomic E-state index is 12.5. The maximum Gasteiger partial charge on any atom is 0.274 e. The van der Waals surface area contributed by atoms with Crippen molar-refractivity contribution in [1.82, 2.24) is 20.1 Å². The van der Waals surface area contributed by atoms with Crippen molar-refractivity contribution in [2.75, 3.05) is 11.9 Å². The van der Waals surface area contributed by atoms with E-state index in [1.54, 1.807) is 4.90 Å². The van der Waals surface area contributed by atoms with Gasteiger partial charge in [-0.25, -0.2) is 10.1 Å². The first-order valence-electron chi connectivity index (χ1n) is 7.74. The van der Waals surface area contributed by atoms with E-state index in [0.29, 0.717) is 24.6 Å². The Morgan fingerprint density at radius 3 is 2.88 bits per heavy atom. The summed E-state index contributed by atoms with van der Waals surface area (Å²) >= 11 is 1.41. The van der Waals surface area contributed by atoms with Crippen LogP contribution >= 0.6 is 11.3 Å². The number of hydrogen-bond donors (Lipinski definition) is 2. The fourth-order valence-corrected chi connectivity index (χ4v) is 3.63. The van der Waals surface area contributed by atoms with Gasteiger partial charge in [-0.2, -0.15) is 5.10 Å². The number of amides is 2. The van der Waals surface area contributed by atoms with Crippen molar-refractivity contribution in [3.05, 3.63) is 38.8 Å². The van der Waals surface area contributed by atoms with E-state index in [1.165, 1.54) is 23.5 Å². The van der Waals surface area contributed by atoms with Gasteiger partial charge in [-0.1, -0.05) is 11.3 Å². The zero-order valence-corrected chi connectivity index (χ0v) is 13.6. The van der Waals surface area contributed by atoms with Gasteiger partial charge in [0.1, 0.15) is 5.69 Å². The second-order valence-electron chi connectivity index (χ2n) is 5.94. The molecule has 3 heterocycles. The molecular weight excluding hydrogens is 330 g/mol. The molecule has 124 valence electrons. The van der Waals surface area contributed by atoms with E-state index in [4.69, 9.17) is 0 Å². The van der Waals surface area contributed by atoms with Gasteiger partial charge < -0.3 is 10.2 Å². The van der Waals surface area contributed by atoms with Crippen molar-refractivity contribution >= 4 is 28.3 Å². The molecule has 24 heavy (non-hydrogen) atoms. The first kappa shape index (κ1) is 15.0. The molecule has 0 radical (unpaired) electrons. The molecule has 0 saturated heterocycles. The Kier molecular flexibility index (Phi) is 3.64. The molecule has 2 amide bonds. The summed E-state index contributed by atoms with van der Waals surface area (Å²) in [5.74, 6) is -0.0596. The normalized spacial score (nSPS) is 16.6. The first-order valence-corrected chi connectivity index (χ1v) is 8.56. The van der Waals surface area contributed by atoms with Gasteiger partial charge in [0.05, 0.1) is 12.2 Å². The SMILES string of the molecule is O=C(Nc1nc2c(s1)CN(C(=O)c1ccc(=O)[nH]n1)CC2)C1CC1. The topological polar surface area (TPSA) is 108 Å². The predicted octanol–water partition coefficient (Wildman–Crippen LogP) is 0.773. The molecule has 0 spiro atoms. The summed E-state index contributed by atoms with van der Waals surface area (Å²) in [4.78, 5) is 42.4. The molecule has 9 heteroatoms. The van der Waals surface area contributed by atoms with Crippen LogP contribution < -0.4 is 10.9 Å². The molecule has 1 aliphatic heterocycles. The zero-order valence-electron chi connectivity index (χ0n) is 12.7. The summed E-state index contributed by atoms with van der Waals surface area (Å²) in [5, 5.41) is 9.51. The van der Waals surface area contributed by atoms with E-state index >= 15 is 0 Å². The monoisotopic (exact) mass is 345 g/mol.